The molecule has 0 fully saturated rings. The van der Waals surface area contributed by atoms with Crippen molar-refractivity contribution in [3.63, 3.8) is 0 Å². The molecule has 2 rings (SSSR count). The fourth-order valence-corrected chi connectivity index (χ4v) is 1.16. The molecule has 0 bridgehead atoms. The topological polar surface area (TPSA) is 46.5 Å². The van der Waals surface area contributed by atoms with Crippen LogP contribution in [-0.2, 0) is 7.05 Å². The van der Waals surface area contributed by atoms with E-state index in [0.717, 1.165) is 17.0 Å². The Hall–Kier alpha value is -1.58. The Morgan fingerprint density at radius 1 is 1.50 bits per heavy atom. The second-order valence-corrected chi connectivity index (χ2v) is 2.72. The predicted molar refractivity (Wildman–Crippen MR) is 45.5 cm³/mol. The summed E-state index contributed by atoms with van der Waals surface area (Å²) in [6, 6.07) is 0. The standard InChI is InChI=1S/C8H10N4/c1-6-7(3-11-12(6)2)8-4-9-5-10-8/h3-5H,1-2H3,(H,9,10). The zero-order chi connectivity index (χ0) is 8.55. The van der Waals surface area contributed by atoms with Gasteiger partial charge in [0, 0.05) is 24.5 Å². The van der Waals surface area contributed by atoms with Crippen molar-refractivity contribution in [3.05, 3.63) is 24.4 Å². The number of nitrogens with zero attached hydrogens (tertiary/aromatic N) is 3. The van der Waals surface area contributed by atoms with Crippen LogP contribution >= 0.6 is 0 Å². The van der Waals surface area contributed by atoms with Crippen molar-refractivity contribution in [1.82, 2.24) is 19.7 Å². The normalized spacial score (nSPS) is 10.5. The Labute approximate surface area is 70.3 Å². The summed E-state index contributed by atoms with van der Waals surface area (Å²) in [6.45, 7) is 2.02. The average Bonchev–Trinajstić information content (AvgIpc) is 2.64. The van der Waals surface area contributed by atoms with Gasteiger partial charge in [-0.3, -0.25) is 4.68 Å². The number of hydrogen-bond donors (Lipinski definition) is 1. The number of aromatic amines is 1. The molecule has 0 aliphatic carbocycles. The summed E-state index contributed by atoms with van der Waals surface area (Å²) in [5, 5.41) is 4.13. The van der Waals surface area contributed by atoms with Gasteiger partial charge < -0.3 is 4.98 Å². The number of imidazole rings is 1. The fraction of sp³-hybridized carbons (Fsp3) is 0.250. The molecule has 0 spiro atoms. The molecule has 0 aliphatic rings. The summed E-state index contributed by atoms with van der Waals surface area (Å²) < 4.78 is 1.84. The molecule has 4 nitrogen and oxygen atoms in total. The highest BCUT2D eigenvalue weighted by molar-refractivity contribution is 5.59. The second kappa shape index (κ2) is 2.48. The minimum absolute atomic E-state index is 0.945. The first-order valence-corrected chi connectivity index (χ1v) is 3.77. The smallest absolute Gasteiger partial charge is 0.0927 e. The minimum atomic E-state index is 0.945. The molecule has 0 saturated carbocycles. The average molecular weight is 162 g/mol. The van der Waals surface area contributed by atoms with Crippen LogP contribution in [0.4, 0.5) is 0 Å². The van der Waals surface area contributed by atoms with Crippen molar-refractivity contribution in [3.8, 4) is 11.3 Å². The van der Waals surface area contributed by atoms with Gasteiger partial charge in [-0.2, -0.15) is 5.10 Å². The lowest BCUT2D eigenvalue weighted by Gasteiger charge is -1.94. The maximum atomic E-state index is 4.15. The summed E-state index contributed by atoms with van der Waals surface area (Å²) in [5.74, 6) is 0. The van der Waals surface area contributed by atoms with Gasteiger partial charge in [0.15, 0.2) is 0 Å². The molecule has 62 valence electrons. The van der Waals surface area contributed by atoms with Crippen LogP contribution in [0.25, 0.3) is 11.3 Å². The second-order valence-electron chi connectivity index (χ2n) is 2.72. The highest BCUT2D eigenvalue weighted by atomic mass is 15.3. The molecule has 1 N–H and O–H groups in total. The number of nitrogens with one attached hydrogen (secondary N) is 1. The minimum Gasteiger partial charge on any atom is -0.351 e. The summed E-state index contributed by atoms with van der Waals surface area (Å²) in [6.07, 6.45) is 5.36. The molecule has 0 atom stereocenters. The van der Waals surface area contributed by atoms with E-state index in [1.807, 2.05) is 31.0 Å². The van der Waals surface area contributed by atoms with Gasteiger partial charge in [-0.25, -0.2) is 4.98 Å². The third-order valence-electron chi connectivity index (χ3n) is 2.01. The first-order valence-electron chi connectivity index (χ1n) is 3.77. The number of aryl methyl sites for hydroxylation is 1. The monoisotopic (exact) mass is 162 g/mol. The predicted octanol–water partition coefficient (Wildman–Crippen LogP) is 1.12. The quantitative estimate of drug-likeness (QED) is 0.683. The number of rotatable bonds is 1. The van der Waals surface area contributed by atoms with Gasteiger partial charge in [0.25, 0.3) is 0 Å². The molecule has 2 heterocycles. The lowest BCUT2D eigenvalue weighted by atomic mass is 10.2. The van der Waals surface area contributed by atoms with E-state index in [-0.39, 0.29) is 0 Å². The van der Waals surface area contributed by atoms with Gasteiger partial charge >= 0.3 is 0 Å². The Bertz CT molecular complexity index is 372. The largest absolute Gasteiger partial charge is 0.351 e. The van der Waals surface area contributed by atoms with Crippen LogP contribution < -0.4 is 0 Å². The summed E-state index contributed by atoms with van der Waals surface area (Å²) in [4.78, 5) is 7.07. The maximum Gasteiger partial charge on any atom is 0.0927 e. The third kappa shape index (κ3) is 0.922. The Morgan fingerprint density at radius 3 is 2.83 bits per heavy atom. The van der Waals surface area contributed by atoms with E-state index in [4.69, 9.17) is 0 Å². The Morgan fingerprint density at radius 2 is 2.33 bits per heavy atom. The number of H-pyrrole nitrogens is 1. The summed E-state index contributed by atoms with van der Waals surface area (Å²) >= 11 is 0. The Balaban J connectivity index is 2.55. The van der Waals surface area contributed by atoms with Crippen molar-refractivity contribution in [1.29, 1.82) is 0 Å². The fourth-order valence-electron chi connectivity index (χ4n) is 1.16. The Kier molecular flexibility index (Phi) is 1.46. The van der Waals surface area contributed by atoms with E-state index >= 15 is 0 Å². The molecular weight excluding hydrogens is 152 g/mol. The van der Waals surface area contributed by atoms with Crippen LogP contribution in [0, 0.1) is 6.92 Å². The van der Waals surface area contributed by atoms with Crippen LogP contribution in [0.3, 0.4) is 0 Å². The van der Waals surface area contributed by atoms with Gasteiger partial charge in [-0.1, -0.05) is 0 Å². The third-order valence-corrected chi connectivity index (χ3v) is 2.01. The van der Waals surface area contributed by atoms with Gasteiger partial charge in [-0.15, -0.1) is 0 Å². The molecule has 2 aromatic rings. The first kappa shape index (κ1) is 7.09. The van der Waals surface area contributed by atoms with Crippen molar-refractivity contribution in [2.75, 3.05) is 0 Å². The lowest BCUT2D eigenvalue weighted by molar-refractivity contribution is 0.740. The van der Waals surface area contributed by atoms with Crippen LogP contribution in [0.2, 0.25) is 0 Å². The van der Waals surface area contributed by atoms with E-state index < -0.39 is 0 Å². The summed E-state index contributed by atoms with van der Waals surface area (Å²) in [7, 11) is 1.92. The zero-order valence-corrected chi connectivity index (χ0v) is 7.07. The number of aromatic nitrogens is 4. The highest BCUT2D eigenvalue weighted by Gasteiger charge is 2.06. The van der Waals surface area contributed by atoms with E-state index in [0.29, 0.717) is 0 Å². The highest BCUT2D eigenvalue weighted by Crippen LogP contribution is 2.18. The molecule has 0 unspecified atom stereocenters. The van der Waals surface area contributed by atoms with Crippen molar-refractivity contribution >= 4 is 0 Å². The molecule has 2 aromatic heterocycles. The van der Waals surface area contributed by atoms with Gasteiger partial charge in [0.1, 0.15) is 0 Å². The zero-order valence-electron chi connectivity index (χ0n) is 7.07. The molecule has 0 aliphatic heterocycles. The first-order chi connectivity index (χ1) is 5.79. The molecule has 0 amide bonds. The maximum absolute atomic E-state index is 4.15. The lowest BCUT2D eigenvalue weighted by Crippen LogP contribution is -1.92. The van der Waals surface area contributed by atoms with Crippen molar-refractivity contribution in [2.24, 2.45) is 7.05 Å². The molecule has 4 heteroatoms. The number of hydrogen-bond acceptors (Lipinski definition) is 2. The van der Waals surface area contributed by atoms with Crippen molar-refractivity contribution in [2.45, 2.75) is 6.92 Å². The van der Waals surface area contributed by atoms with E-state index in [2.05, 4.69) is 15.1 Å². The van der Waals surface area contributed by atoms with Crippen LogP contribution in [0.5, 0.6) is 0 Å². The molecule has 0 aromatic carbocycles. The van der Waals surface area contributed by atoms with E-state index in [1.54, 1.807) is 6.33 Å². The molecule has 0 radical (unpaired) electrons. The van der Waals surface area contributed by atoms with E-state index in [9.17, 15) is 0 Å². The van der Waals surface area contributed by atoms with Crippen molar-refractivity contribution < 1.29 is 0 Å². The SMILES string of the molecule is Cc1c(-c2c[nH]cn2)cnn1C. The van der Waals surface area contributed by atoms with Gasteiger partial charge in [-0.05, 0) is 6.92 Å². The molecular formula is C8H10N4. The van der Waals surface area contributed by atoms with Crippen LogP contribution in [0.1, 0.15) is 5.69 Å². The summed E-state index contributed by atoms with van der Waals surface area (Å²) in [5.41, 5.74) is 3.15. The molecule has 12 heavy (non-hydrogen) atoms. The van der Waals surface area contributed by atoms with Crippen LogP contribution in [-0.4, -0.2) is 19.7 Å². The van der Waals surface area contributed by atoms with Gasteiger partial charge in [0.2, 0.25) is 0 Å². The molecule has 0 saturated heterocycles. The van der Waals surface area contributed by atoms with E-state index in [1.165, 1.54) is 0 Å². The van der Waals surface area contributed by atoms with Crippen LogP contribution in [0.15, 0.2) is 18.7 Å². The van der Waals surface area contributed by atoms with Gasteiger partial charge in [0.05, 0.1) is 18.2 Å².